The highest BCUT2D eigenvalue weighted by molar-refractivity contribution is 6.33. The third-order valence-corrected chi connectivity index (χ3v) is 3.87. The van der Waals surface area contributed by atoms with Crippen LogP contribution in [0.15, 0.2) is 36.4 Å². The Kier molecular flexibility index (Phi) is 6.21. The lowest BCUT2D eigenvalue weighted by atomic mass is 10.1. The highest BCUT2D eigenvalue weighted by atomic mass is 35.5. The molecule has 4 nitrogen and oxygen atoms in total. The Bertz CT molecular complexity index is 666. The third kappa shape index (κ3) is 4.34. The lowest BCUT2D eigenvalue weighted by Crippen LogP contribution is -2.21. The molecule has 0 aliphatic heterocycles. The molecule has 23 heavy (non-hydrogen) atoms. The van der Waals surface area contributed by atoms with Crippen LogP contribution in [0, 0.1) is 5.82 Å². The summed E-state index contributed by atoms with van der Waals surface area (Å²) in [7, 11) is 3.07. The van der Waals surface area contributed by atoms with Crippen molar-refractivity contribution in [2.24, 2.45) is 0 Å². The van der Waals surface area contributed by atoms with Gasteiger partial charge in [-0.1, -0.05) is 29.8 Å². The fourth-order valence-electron chi connectivity index (χ4n) is 2.24. The molecule has 2 rings (SSSR count). The SMILES string of the molecule is COc1ccc(CNC[C@@H](O)c2cccc(F)c2)c(Cl)c1OC. The molecule has 0 heterocycles. The fraction of sp³-hybridized carbons (Fsp3) is 0.294. The summed E-state index contributed by atoms with van der Waals surface area (Å²) in [5, 5.41) is 13.6. The van der Waals surface area contributed by atoms with Crippen molar-refractivity contribution in [3.63, 3.8) is 0 Å². The van der Waals surface area contributed by atoms with Crippen LogP contribution in [0.3, 0.4) is 0 Å². The van der Waals surface area contributed by atoms with Crippen molar-refractivity contribution in [3.8, 4) is 11.5 Å². The lowest BCUT2D eigenvalue weighted by Gasteiger charge is -2.15. The molecule has 0 radical (unpaired) electrons. The monoisotopic (exact) mass is 339 g/mol. The van der Waals surface area contributed by atoms with Crippen LogP contribution in [0.2, 0.25) is 5.02 Å². The minimum Gasteiger partial charge on any atom is -0.493 e. The van der Waals surface area contributed by atoms with Crippen molar-refractivity contribution >= 4 is 11.6 Å². The zero-order valence-electron chi connectivity index (χ0n) is 13.0. The molecule has 124 valence electrons. The highest BCUT2D eigenvalue weighted by Crippen LogP contribution is 2.37. The highest BCUT2D eigenvalue weighted by Gasteiger charge is 2.13. The van der Waals surface area contributed by atoms with Crippen LogP contribution in [0.25, 0.3) is 0 Å². The van der Waals surface area contributed by atoms with E-state index in [2.05, 4.69) is 5.32 Å². The van der Waals surface area contributed by atoms with E-state index in [0.717, 1.165) is 5.56 Å². The predicted molar refractivity (Wildman–Crippen MR) is 87.6 cm³/mol. The molecule has 0 spiro atoms. The topological polar surface area (TPSA) is 50.7 Å². The van der Waals surface area contributed by atoms with Crippen LogP contribution in [0.5, 0.6) is 11.5 Å². The molecule has 0 fully saturated rings. The van der Waals surface area contributed by atoms with Gasteiger partial charge in [0.2, 0.25) is 0 Å². The Morgan fingerprint density at radius 3 is 2.65 bits per heavy atom. The number of methoxy groups -OCH3 is 2. The minimum absolute atomic E-state index is 0.272. The smallest absolute Gasteiger partial charge is 0.179 e. The molecule has 0 aliphatic rings. The van der Waals surface area contributed by atoms with E-state index in [4.69, 9.17) is 21.1 Å². The van der Waals surface area contributed by atoms with Crippen LogP contribution < -0.4 is 14.8 Å². The summed E-state index contributed by atoms with van der Waals surface area (Å²) in [6.45, 7) is 0.708. The van der Waals surface area contributed by atoms with E-state index in [0.29, 0.717) is 28.6 Å². The van der Waals surface area contributed by atoms with Crippen molar-refractivity contribution in [1.82, 2.24) is 5.32 Å². The van der Waals surface area contributed by atoms with Crippen molar-refractivity contribution < 1.29 is 19.0 Å². The Balaban J connectivity index is 1.99. The van der Waals surface area contributed by atoms with Gasteiger partial charge in [-0.05, 0) is 29.3 Å². The number of halogens is 2. The fourth-order valence-corrected chi connectivity index (χ4v) is 2.54. The average Bonchev–Trinajstić information content (AvgIpc) is 2.55. The summed E-state index contributed by atoms with van der Waals surface area (Å²) < 4.78 is 23.6. The molecule has 0 amide bonds. The van der Waals surface area contributed by atoms with Crippen LogP contribution in [-0.2, 0) is 6.54 Å². The van der Waals surface area contributed by atoms with Crippen molar-refractivity contribution in [3.05, 3.63) is 58.4 Å². The van der Waals surface area contributed by atoms with Gasteiger partial charge in [-0.25, -0.2) is 4.39 Å². The molecule has 2 N–H and O–H groups in total. The second-order valence-corrected chi connectivity index (χ2v) is 5.35. The van der Waals surface area contributed by atoms with E-state index in [1.165, 1.54) is 19.2 Å². The van der Waals surface area contributed by atoms with E-state index in [1.807, 2.05) is 6.07 Å². The zero-order chi connectivity index (χ0) is 16.8. The first-order valence-electron chi connectivity index (χ1n) is 7.10. The first-order chi connectivity index (χ1) is 11.1. The van der Waals surface area contributed by atoms with Gasteiger partial charge in [0.15, 0.2) is 11.5 Å². The predicted octanol–water partition coefficient (Wildman–Crippen LogP) is 3.32. The summed E-state index contributed by atoms with van der Waals surface area (Å²) in [5.74, 6) is 0.657. The number of aliphatic hydroxyl groups excluding tert-OH is 1. The normalized spacial score (nSPS) is 12.0. The Labute approximate surface area is 139 Å². The average molecular weight is 340 g/mol. The summed E-state index contributed by atoms with van der Waals surface area (Å²) in [6, 6.07) is 9.50. The number of rotatable bonds is 7. The number of aliphatic hydroxyl groups is 1. The van der Waals surface area contributed by atoms with Gasteiger partial charge in [-0.15, -0.1) is 0 Å². The molecule has 0 saturated carbocycles. The summed E-state index contributed by atoms with van der Waals surface area (Å²) in [4.78, 5) is 0. The lowest BCUT2D eigenvalue weighted by molar-refractivity contribution is 0.174. The first-order valence-corrected chi connectivity index (χ1v) is 7.48. The van der Waals surface area contributed by atoms with Crippen LogP contribution in [0.4, 0.5) is 4.39 Å². The van der Waals surface area contributed by atoms with E-state index in [-0.39, 0.29) is 12.4 Å². The standard InChI is InChI=1S/C17H19ClFNO3/c1-22-15-7-6-12(16(18)17(15)23-2)9-20-10-14(21)11-4-3-5-13(19)8-11/h3-8,14,20-21H,9-10H2,1-2H3/t14-/m1/s1. The van der Waals surface area contributed by atoms with Crippen molar-refractivity contribution in [1.29, 1.82) is 0 Å². The molecule has 0 aromatic heterocycles. The number of hydrogen-bond acceptors (Lipinski definition) is 4. The van der Waals surface area contributed by atoms with Crippen LogP contribution in [0.1, 0.15) is 17.2 Å². The molecule has 0 bridgehead atoms. The van der Waals surface area contributed by atoms with Gasteiger partial charge in [0, 0.05) is 13.1 Å². The molecular formula is C17H19ClFNO3. The maximum Gasteiger partial charge on any atom is 0.179 e. The molecule has 6 heteroatoms. The maximum atomic E-state index is 13.1. The molecule has 2 aromatic carbocycles. The Hall–Kier alpha value is -1.82. The number of ether oxygens (including phenoxy) is 2. The van der Waals surface area contributed by atoms with Gasteiger partial charge in [-0.3, -0.25) is 0 Å². The number of nitrogens with one attached hydrogen (secondary N) is 1. The van der Waals surface area contributed by atoms with Crippen molar-refractivity contribution in [2.45, 2.75) is 12.6 Å². The van der Waals surface area contributed by atoms with Crippen LogP contribution >= 0.6 is 11.6 Å². The van der Waals surface area contributed by atoms with Crippen LogP contribution in [-0.4, -0.2) is 25.9 Å². The van der Waals surface area contributed by atoms with Gasteiger partial charge < -0.3 is 19.9 Å². The zero-order valence-corrected chi connectivity index (χ0v) is 13.7. The molecule has 0 aliphatic carbocycles. The summed E-state index contributed by atoms with van der Waals surface area (Å²) in [6.07, 6.45) is -0.801. The first kappa shape index (κ1) is 17.5. The Morgan fingerprint density at radius 1 is 1.22 bits per heavy atom. The largest absolute Gasteiger partial charge is 0.493 e. The third-order valence-electron chi connectivity index (χ3n) is 3.45. The molecule has 1 atom stereocenters. The molecule has 2 aromatic rings. The van der Waals surface area contributed by atoms with E-state index in [1.54, 1.807) is 25.3 Å². The van der Waals surface area contributed by atoms with E-state index < -0.39 is 6.10 Å². The van der Waals surface area contributed by atoms with Gasteiger partial charge in [-0.2, -0.15) is 0 Å². The van der Waals surface area contributed by atoms with E-state index >= 15 is 0 Å². The molecule has 0 saturated heterocycles. The second kappa shape index (κ2) is 8.15. The quantitative estimate of drug-likeness (QED) is 0.812. The molecule has 0 unspecified atom stereocenters. The van der Waals surface area contributed by atoms with Crippen molar-refractivity contribution in [2.75, 3.05) is 20.8 Å². The number of hydrogen-bond donors (Lipinski definition) is 2. The molecular weight excluding hydrogens is 321 g/mol. The van der Waals surface area contributed by atoms with Gasteiger partial charge in [0.25, 0.3) is 0 Å². The van der Waals surface area contributed by atoms with E-state index in [9.17, 15) is 9.50 Å². The summed E-state index contributed by atoms with van der Waals surface area (Å²) in [5.41, 5.74) is 1.34. The second-order valence-electron chi connectivity index (χ2n) is 4.98. The Morgan fingerprint density at radius 2 is 2.00 bits per heavy atom. The number of benzene rings is 2. The van der Waals surface area contributed by atoms with Gasteiger partial charge in [0.05, 0.1) is 25.3 Å². The van der Waals surface area contributed by atoms with Gasteiger partial charge in [0.1, 0.15) is 5.82 Å². The van der Waals surface area contributed by atoms with Gasteiger partial charge >= 0.3 is 0 Å². The maximum absolute atomic E-state index is 13.1. The minimum atomic E-state index is -0.801. The summed E-state index contributed by atoms with van der Waals surface area (Å²) >= 11 is 6.29.